The quantitative estimate of drug-likeness (QED) is 0.0746. The zero-order chi connectivity index (χ0) is 64.8. The molecule has 10 rings (SSSR count). The Morgan fingerprint density at radius 1 is 0.418 bits per heavy atom. The number of aliphatic imine (C=N–C) groups is 2. The number of benzene rings is 6. The van der Waals surface area contributed by atoms with Gasteiger partial charge in [-0.05, 0) is 129 Å². The fourth-order valence-electron chi connectivity index (χ4n) is 9.88. The van der Waals surface area contributed by atoms with Crippen molar-refractivity contribution in [1.82, 2.24) is 0 Å². The summed E-state index contributed by atoms with van der Waals surface area (Å²) in [4.78, 5) is 41.1. The summed E-state index contributed by atoms with van der Waals surface area (Å²) in [5.41, 5.74) is 3.04. The number of fused-ring (bicyclic) bond motifs is 4. The summed E-state index contributed by atoms with van der Waals surface area (Å²) in [5.74, 6) is 2.46. The van der Waals surface area contributed by atoms with E-state index in [2.05, 4.69) is 132 Å². The predicted molar refractivity (Wildman–Crippen MR) is 365 cm³/mol. The van der Waals surface area contributed by atoms with Gasteiger partial charge in [0.1, 0.15) is 60.9 Å². The Morgan fingerprint density at radius 3 is 1.01 bits per heavy atom. The molecule has 0 radical (unpaired) electrons. The number of nitrogens with zero attached hydrogens (tertiary/aromatic N) is 2. The average Bonchev–Trinajstić information content (AvgIpc) is 0.889. The van der Waals surface area contributed by atoms with E-state index in [0.717, 1.165) is 61.4 Å². The van der Waals surface area contributed by atoms with Crippen LogP contribution in [0, 0.1) is 0 Å². The Bertz CT molecular complexity index is 3790. The van der Waals surface area contributed by atoms with Crippen molar-refractivity contribution in [1.29, 1.82) is 0 Å². The van der Waals surface area contributed by atoms with E-state index >= 15 is 0 Å². The number of hydrogen-bond donors (Lipinski definition) is 2. The third-order valence-electron chi connectivity index (χ3n) is 15.1. The Labute approximate surface area is 549 Å². The summed E-state index contributed by atoms with van der Waals surface area (Å²) in [6.07, 6.45) is 3.06. The summed E-state index contributed by atoms with van der Waals surface area (Å²) in [7, 11) is 0. The molecule has 19 heteroatoms. The molecule has 0 saturated heterocycles. The van der Waals surface area contributed by atoms with Crippen LogP contribution in [0.4, 0.5) is 0 Å². The molecule has 10 bridgehead atoms. The number of aromatic hydroxyl groups is 2. The van der Waals surface area contributed by atoms with Crippen molar-refractivity contribution in [2.45, 2.75) is 144 Å². The first-order valence-electron chi connectivity index (χ1n) is 30.5. The van der Waals surface area contributed by atoms with E-state index < -0.39 is 11.3 Å². The highest BCUT2D eigenvalue weighted by atomic mass is 32.2. The number of ether oxygens (including phenoxy) is 7. The van der Waals surface area contributed by atoms with Crippen LogP contribution in [-0.4, -0.2) is 102 Å². The molecule has 6 aromatic carbocycles. The predicted octanol–water partition coefficient (Wildman–Crippen LogP) is 16.2. The summed E-state index contributed by atoms with van der Waals surface area (Å²) < 4.78 is 57.8. The van der Waals surface area contributed by atoms with Gasteiger partial charge in [-0.1, -0.05) is 130 Å². The van der Waals surface area contributed by atoms with Gasteiger partial charge < -0.3 is 52.2 Å². The second kappa shape index (κ2) is 28.6. The van der Waals surface area contributed by atoms with Crippen molar-refractivity contribution in [3.8, 4) is 34.5 Å². The van der Waals surface area contributed by atoms with Gasteiger partial charge in [-0.2, -0.15) is 0 Å². The smallest absolute Gasteiger partial charge is 0.336 e. The fourth-order valence-corrected chi connectivity index (χ4v) is 14.7. The Balaban J connectivity index is 1.19. The molecule has 480 valence electrons. The largest absolute Gasteiger partial charge is 0.507 e. The fraction of sp³-hybridized carbons (Fsp3) is 0.389. The lowest BCUT2D eigenvalue weighted by Crippen LogP contribution is -2.16. The average molecular weight is 1310 g/mol. The highest BCUT2D eigenvalue weighted by Crippen LogP contribution is 2.56. The van der Waals surface area contributed by atoms with Crippen LogP contribution >= 0.6 is 47.0 Å². The van der Waals surface area contributed by atoms with Crippen LogP contribution in [0.2, 0.25) is 0 Å². The molecule has 4 heterocycles. The molecule has 0 atom stereocenters. The molecule has 0 saturated carbocycles. The first kappa shape index (κ1) is 67.1. The van der Waals surface area contributed by atoms with Crippen LogP contribution < -0.4 is 30.2 Å². The van der Waals surface area contributed by atoms with Crippen LogP contribution in [0.25, 0.3) is 21.9 Å². The van der Waals surface area contributed by atoms with Crippen molar-refractivity contribution in [2.75, 3.05) is 79.2 Å². The minimum absolute atomic E-state index is 0.0663. The van der Waals surface area contributed by atoms with Gasteiger partial charge in [-0.25, -0.2) is 9.59 Å². The van der Waals surface area contributed by atoms with Gasteiger partial charge in [-0.15, -0.1) is 0 Å². The molecule has 0 aliphatic carbocycles. The molecule has 2 aliphatic rings. The SMILES string of the molecule is CC(C)(C)c1cc2c(OCCN=Cc3c(O)ccc4ccc(=O)oc34)c(c1)Sc1cc(C(C)(C)C)cc3c1OCCOCCOCCOCCOc1c(cc(C(C)(C)C)cc1Sc1cc(C(C)(C)C)cc(c1OCCN=Cc1c(O)ccc4ccc(=O)oc14)S3)S2. The van der Waals surface area contributed by atoms with E-state index in [9.17, 15) is 19.8 Å². The maximum Gasteiger partial charge on any atom is 0.336 e. The number of hydrogen-bond acceptors (Lipinski definition) is 19. The van der Waals surface area contributed by atoms with Gasteiger partial charge in [0.05, 0.1) is 103 Å². The Morgan fingerprint density at radius 2 is 0.703 bits per heavy atom. The highest BCUT2D eigenvalue weighted by molar-refractivity contribution is 8.01. The molecule has 2 N–H and O–H groups in total. The van der Waals surface area contributed by atoms with Crippen LogP contribution in [0.1, 0.15) is 116 Å². The number of phenolic OH excluding ortho intramolecular Hbond substituents is 2. The zero-order valence-electron chi connectivity index (χ0n) is 53.8. The summed E-state index contributed by atoms with van der Waals surface area (Å²) >= 11 is 6.31. The normalized spacial score (nSPS) is 15.0. The van der Waals surface area contributed by atoms with Crippen molar-refractivity contribution in [2.24, 2.45) is 9.98 Å². The van der Waals surface area contributed by atoms with Gasteiger partial charge in [-0.3, -0.25) is 9.98 Å². The third-order valence-corrected chi connectivity index (χ3v) is 19.3. The zero-order valence-corrected chi connectivity index (χ0v) is 57.1. The topological polar surface area (TPSA) is 190 Å². The molecule has 0 fully saturated rings. The lowest BCUT2D eigenvalue weighted by Gasteiger charge is -2.28. The van der Waals surface area contributed by atoms with Crippen LogP contribution in [0.5, 0.6) is 34.5 Å². The number of rotatable bonds is 10. The minimum atomic E-state index is -0.532. The molecule has 2 aliphatic heterocycles. The van der Waals surface area contributed by atoms with E-state index in [1.807, 2.05) is 0 Å². The lowest BCUT2D eigenvalue weighted by molar-refractivity contribution is 0.00450. The van der Waals surface area contributed by atoms with Crippen LogP contribution in [0.15, 0.2) is 165 Å². The van der Waals surface area contributed by atoms with E-state index in [1.54, 1.807) is 83.4 Å². The monoisotopic (exact) mass is 1310 g/mol. The van der Waals surface area contributed by atoms with Gasteiger partial charge in [0.2, 0.25) is 0 Å². The van der Waals surface area contributed by atoms with Gasteiger partial charge in [0, 0.05) is 35.3 Å². The van der Waals surface area contributed by atoms with Crippen molar-refractivity contribution >= 4 is 81.4 Å². The molecule has 0 spiro atoms. The molecular formula is C72H80N2O13S4. The van der Waals surface area contributed by atoms with E-state index in [0.29, 0.717) is 84.5 Å². The van der Waals surface area contributed by atoms with Gasteiger partial charge >= 0.3 is 11.3 Å². The first-order valence-corrected chi connectivity index (χ1v) is 33.8. The van der Waals surface area contributed by atoms with Gasteiger partial charge in [0.25, 0.3) is 0 Å². The molecular weight excluding hydrogens is 1230 g/mol. The maximum absolute atomic E-state index is 12.4. The third kappa shape index (κ3) is 16.7. The van der Waals surface area contributed by atoms with Crippen molar-refractivity contribution in [3.05, 3.63) is 151 Å². The second-order valence-corrected chi connectivity index (χ2v) is 30.6. The minimum Gasteiger partial charge on any atom is -0.507 e. The van der Waals surface area contributed by atoms with Crippen molar-refractivity contribution < 1.29 is 52.2 Å². The summed E-state index contributed by atoms with van der Waals surface area (Å²) in [5, 5.41) is 23.3. The van der Waals surface area contributed by atoms with Gasteiger partial charge in [0.15, 0.2) is 11.2 Å². The Hall–Kier alpha value is -6.84. The molecule has 0 unspecified atom stereocenters. The van der Waals surface area contributed by atoms with E-state index in [-0.39, 0.29) is 83.8 Å². The maximum atomic E-state index is 12.4. The Kier molecular flexibility index (Phi) is 21.1. The van der Waals surface area contributed by atoms with Crippen LogP contribution in [-0.2, 0) is 35.9 Å². The lowest BCUT2D eigenvalue weighted by atomic mass is 9.87. The molecule has 2 aromatic heterocycles. The van der Waals surface area contributed by atoms with Crippen molar-refractivity contribution in [3.63, 3.8) is 0 Å². The second-order valence-electron chi connectivity index (χ2n) is 26.3. The summed E-state index contributed by atoms with van der Waals surface area (Å²) in [6, 6.07) is 30.3. The van der Waals surface area contributed by atoms with E-state index in [1.165, 1.54) is 24.6 Å². The standard InChI is InChI=1S/C72H80N2O13S4/c1-69(2,3)45-33-53-65(82-23-21-73-41-49-51(75)17-13-43-15-19-61(77)86-63(43)49)54(34-45)89-58-38-48(72(10,11)12)40-60-68(58)85-32-30-81-28-26-79-25-27-80-29-31-84-67-57(88-53)37-47(71(7,8)9)39-59(67)90-55-35-46(70(4,5)6)36-56(91-60)66(55)83-24-22-74-42-50-52(76)18-14-44-16-20-62(78)87-64(44)50/h13-20,33-42,75-76H,21-32H2,1-12H3. The molecule has 91 heavy (non-hydrogen) atoms. The molecule has 0 amide bonds. The molecule has 15 nitrogen and oxygen atoms in total. The first-order chi connectivity index (χ1) is 43.3. The van der Waals surface area contributed by atoms with Crippen LogP contribution in [0.3, 0.4) is 0 Å². The molecule has 8 aromatic rings. The number of phenols is 2. The van der Waals surface area contributed by atoms with E-state index in [4.69, 9.17) is 52.0 Å². The summed E-state index contributed by atoms with van der Waals surface area (Å²) in [6.45, 7) is 29.8. The highest BCUT2D eigenvalue weighted by Gasteiger charge is 2.31.